The van der Waals surface area contributed by atoms with Crippen molar-refractivity contribution in [2.24, 2.45) is 0 Å². The molecule has 0 aliphatic carbocycles. The summed E-state index contributed by atoms with van der Waals surface area (Å²) in [6.07, 6.45) is 0.657. The van der Waals surface area contributed by atoms with E-state index in [-0.39, 0.29) is 29.7 Å². The minimum atomic E-state index is -0.848. The van der Waals surface area contributed by atoms with Crippen molar-refractivity contribution >= 4 is 34.3 Å². The van der Waals surface area contributed by atoms with Crippen LogP contribution in [0.3, 0.4) is 0 Å². The molecule has 152 valence electrons. The third-order valence-corrected chi connectivity index (χ3v) is 5.32. The molecule has 2 aromatic carbocycles. The Morgan fingerprint density at radius 1 is 1.21 bits per heavy atom. The van der Waals surface area contributed by atoms with Gasteiger partial charge in [-0.1, -0.05) is 18.5 Å². The van der Waals surface area contributed by atoms with E-state index in [9.17, 15) is 19.1 Å². The fourth-order valence-corrected chi connectivity index (χ4v) is 3.44. The Balaban J connectivity index is 2.15. The van der Waals surface area contributed by atoms with E-state index in [4.69, 9.17) is 11.6 Å². The van der Waals surface area contributed by atoms with Gasteiger partial charge in [-0.2, -0.15) is 0 Å². The minimum absolute atomic E-state index is 0.0231. The molecule has 29 heavy (non-hydrogen) atoms. The van der Waals surface area contributed by atoms with Crippen LogP contribution in [0.15, 0.2) is 36.4 Å². The molecule has 5 nitrogen and oxygen atoms in total. The van der Waals surface area contributed by atoms with Gasteiger partial charge in [0.2, 0.25) is 5.91 Å². The number of hydrogen-bond donors (Lipinski definition) is 2. The van der Waals surface area contributed by atoms with Gasteiger partial charge in [0.25, 0.3) is 5.91 Å². The van der Waals surface area contributed by atoms with E-state index < -0.39 is 11.6 Å². The predicted octanol–water partition coefficient (Wildman–Crippen LogP) is 4.59. The topological polar surface area (TPSA) is 71.3 Å². The van der Waals surface area contributed by atoms with Crippen molar-refractivity contribution in [3.63, 3.8) is 0 Å². The number of aromatic hydroxyl groups is 1. The summed E-state index contributed by atoms with van der Waals surface area (Å²) in [7, 11) is 0. The molecule has 0 spiro atoms. The lowest BCUT2D eigenvalue weighted by atomic mass is 10.1. The van der Waals surface area contributed by atoms with E-state index in [1.165, 1.54) is 16.7 Å². The van der Waals surface area contributed by atoms with E-state index in [1.807, 2.05) is 13.8 Å². The summed E-state index contributed by atoms with van der Waals surface area (Å²) >= 11 is 5.90. The molecule has 1 amide bonds. The molecule has 0 aliphatic rings. The van der Waals surface area contributed by atoms with Crippen LogP contribution in [0.25, 0.3) is 10.9 Å². The standard InChI is InChI=1S/C22H22ClFN2O3/c1-4-12(2)25-19(28)11-16-13(3)26(17-9-10-18(27)21(24)20(16)17)22(29)14-5-7-15(23)8-6-14/h5-10,12,27H,4,11H2,1-3H3,(H,25,28). The highest BCUT2D eigenvalue weighted by molar-refractivity contribution is 6.30. The highest BCUT2D eigenvalue weighted by Crippen LogP contribution is 2.33. The summed E-state index contributed by atoms with van der Waals surface area (Å²) in [6, 6.07) is 9.02. The van der Waals surface area contributed by atoms with Crippen molar-refractivity contribution < 1.29 is 19.1 Å². The summed E-state index contributed by atoms with van der Waals surface area (Å²) in [5.41, 5.74) is 1.49. The lowest BCUT2D eigenvalue weighted by Crippen LogP contribution is -2.33. The van der Waals surface area contributed by atoms with Gasteiger partial charge in [0.1, 0.15) is 0 Å². The molecule has 0 bridgehead atoms. The number of hydrogen-bond acceptors (Lipinski definition) is 3. The number of fused-ring (bicyclic) bond motifs is 1. The SMILES string of the molecule is CCC(C)NC(=O)Cc1c(C)n(C(=O)c2ccc(Cl)cc2)c2ccc(O)c(F)c12. The van der Waals surface area contributed by atoms with Crippen molar-refractivity contribution in [2.75, 3.05) is 0 Å². The minimum Gasteiger partial charge on any atom is -0.505 e. The zero-order valence-electron chi connectivity index (χ0n) is 16.4. The van der Waals surface area contributed by atoms with Crippen LogP contribution in [0.1, 0.15) is 41.9 Å². The molecule has 0 fully saturated rings. The first kappa shape index (κ1) is 20.9. The van der Waals surface area contributed by atoms with E-state index in [0.29, 0.717) is 27.4 Å². The first-order valence-electron chi connectivity index (χ1n) is 9.35. The van der Waals surface area contributed by atoms with E-state index in [2.05, 4.69) is 5.32 Å². The number of benzene rings is 2. The molecular formula is C22H22ClFN2O3. The molecular weight excluding hydrogens is 395 g/mol. The number of rotatable bonds is 5. The van der Waals surface area contributed by atoms with Crippen LogP contribution >= 0.6 is 11.6 Å². The highest BCUT2D eigenvalue weighted by Gasteiger charge is 2.25. The van der Waals surface area contributed by atoms with Crippen LogP contribution in [0, 0.1) is 12.7 Å². The van der Waals surface area contributed by atoms with Gasteiger partial charge >= 0.3 is 0 Å². The van der Waals surface area contributed by atoms with Gasteiger partial charge in [-0.05, 0) is 62.2 Å². The van der Waals surface area contributed by atoms with Gasteiger partial charge in [0, 0.05) is 27.7 Å². The molecule has 7 heteroatoms. The molecule has 2 N–H and O–H groups in total. The quantitative estimate of drug-likeness (QED) is 0.638. The van der Waals surface area contributed by atoms with Crippen molar-refractivity contribution in [2.45, 2.75) is 39.7 Å². The average molecular weight is 417 g/mol. The second kappa shape index (κ2) is 8.25. The molecule has 3 rings (SSSR count). The van der Waals surface area contributed by atoms with Crippen LogP contribution in [0.2, 0.25) is 5.02 Å². The van der Waals surface area contributed by atoms with Crippen molar-refractivity contribution in [1.82, 2.24) is 9.88 Å². The molecule has 0 radical (unpaired) electrons. The number of phenolic OH excluding ortho intramolecular Hbond substituents is 1. The Kier molecular flexibility index (Phi) is 5.94. The summed E-state index contributed by atoms with van der Waals surface area (Å²) in [6.45, 7) is 5.49. The summed E-state index contributed by atoms with van der Waals surface area (Å²) in [4.78, 5) is 25.6. The molecule has 1 aromatic heterocycles. The average Bonchev–Trinajstić information content (AvgIpc) is 2.96. The first-order valence-corrected chi connectivity index (χ1v) is 9.73. The predicted molar refractivity (Wildman–Crippen MR) is 111 cm³/mol. The number of carbonyl (C=O) groups excluding carboxylic acids is 2. The van der Waals surface area contributed by atoms with E-state index in [1.54, 1.807) is 31.2 Å². The lowest BCUT2D eigenvalue weighted by molar-refractivity contribution is -0.121. The number of carbonyl (C=O) groups is 2. The summed E-state index contributed by atoms with van der Waals surface area (Å²) in [5, 5.41) is 13.3. The first-order chi connectivity index (χ1) is 13.7. The number of aromatic nitrogens is 1. The van der Waals surface area contributed by atoms with Crippen LogP contribution in [-0.4, -0.2) is 27.5 Å². The van der Waals surface area contributed by atoms with E-state index in [0.717, 1.165) is 6.42 Å². The molecule has 1 unspecified atom stereocenters. The number of halogens is 2. The smallest absolute Gasteiger partial charge is 0.262 e. The van der Waals surface area contributed by atoms with Gasteiger partial charge in [0.05, 0.1) is 11.9 Å². The summed E-state index contributed by atoms with van der Waals surface area (Å²) < 4.78 is 16.2. The maximum Gasteiger partial charge on any atom is 0.262 e. The Hall–Kier alpha value is -2.86. The fourth-order valence-electron chi connectivity index (χ4n) is 3.31. The van der Waals surface area contributed by atoms with Crippen molar-refractivity contribution in [3.05, 3.63) is 64.1 Å². The maximum absolute atomic E-state index is 14.8. The molecule has 0 saturated heterocycles. The highest BCUT2D eigenvalue weighted by atomic mass is 35.5. The van der Waals surface area contributed by atoms with Gasteiger partial charge in [-0.25, -0.2) is 4.39 Å². The van der Waals surface area contributed by atoms with Gasteiger partial charge < -0.3 is 10.4 Å². The Bertz CT molecular complexity index is 1090. The largest absolute Gasteiger partial charge is 0.505 e. The molecule has 0 aliphatic heterocycles. The molecule has 3 aromatic rings. The van der Waals surface area contributed by atoms with Gasteiger partial charge in [-0.3, -0.25) is 14.2 Å². The monoisotopic (exact) mass is 416 g/mol. The number of phenols is 1. The van der Waals surface area contributed by atoms with Crippen LogP contribution in [0.4, 0.5) is 4.39 Å². The maximum atomic E-state index is 14.8. The van der Waals surface area contributed by atoms with Gasteiger partial charge in [-0.15, -0.1) is 0 Å². The van der Waals surface area contributed by atoms with Crippen LogP contribution < -0.4 is 5.32 Å². The van der Waals surface area contributed by atoms with Crippen LogP contribution in [-0.2, 0) is 11.2 Å². The summed E-state index contributed by atoms with van der Waals surface area (Å²) in [5.74, 6) is -2.03. The Morgan fingerprint density at radius 2 is 1.86 bits per heavy atom. The van der Waals surface area contributed by atoms with Crippen molar-refractivity contribution in [3.8, 4) is 5.75 Å². The Labute approximate surface area is 173 Å². The van der Waals surface area contributed by atoms with Crippen LogP contribution in [0.5, 0.6) is 5.75 Å². The van der Waals surface area contributed by atoms with E-state index >= 15 is 0 Å². The third-order valence-electron chi connectivity index (χ3n) is 5.07. The zero-order chi connectivity index (χ0) is 21.3. The third kappa shape index (κ3) is 3.98. The van der Waals surface area contributed by atoms with Gasteiger partial charge in [0.15, 0.2) is 11.6 Å². The number of nitrogens with one attached hydrogen (secondary N) is 1. The number of amides is 1. The second-order valence-electron chi connectivity index (χ2n) is 7.06. The molecule has 1 atom stereocenters. The normalized spacial score (nSPS) is 12.2. The molecule has 1 heterocycles. The van der Waals surface area contributed by atoms with Crippen molar-refractivity contribution in [1.29, 1.82) is 0 Å². The Morgan fingerprint density at radius 3 is 2.48 bits per heavy atom. The lowest BCUT2D eigenvalue weighted by Gasteiger charge is -2.12. The zero-order valence-corrected chi connectivity index (χ0v) is 17.2. The fraction of sp³-hybridized carbons (Fsp3) is 0.273. The number of nitrogens with zero attached hydrogens (tertiary/aromatic N) is 1. The molecule has 0 saturated carbocycles. The second-order valence-corrected chi connectivity index (χ2v) is 7.49.